The fourth-order valence-electron chi connectivity index (χ4n) is 3.06. The van der Waals surface area contributed by atoms with Gasteiger partial charge < -0.3 is 19.1 Å². The van der Waals surface area contributed by atoms with Crippen molar-refractivity contribution in [1.82, 2.24) is 4.90 Å². The first-order chi connectivity index (χ1) is 13.6. The Morgan fingerprint density at radius 3 is 2.36 bits per heavy atom. The molecular weight excluding hydrogens is 362 g/mol. The zero-order chi connectivity index (χ0) is 19.9. The SMILES string of the molecule is COC(=O)[C@H]1Cc2ccccc2CN1C(=O)COC(=O)COc1ccccc1. The summed E-state index contributed by atoms with van der Waals surface area (Å²) in [6.07, 6.45) is 0.361. The second kappa shape index (κ2) is 9.03. The highest BCUT2D eigenvalue weighted by atomic mass is 16.6. The van der Waals surface area contributed by atoms with Gasteiger partial charge in [0.15, 0.2) is 13.2 Å². The minimum Gasteiger partial charge on any atom is -0.482 e. The van der Waals surface area contributed by atoms with Gasteiger partial charge in [0.1, 0.15) is 11.8 Å². The van der Waals surface area contributed by atoms with Gasteiger partial charge in [0.25, 0.3) is 5.91 Å². The Balaban J connectivity index is 1.58. The Kier molecular flexibility index (Phi) is 6.26. The lowest BCUT2D eigenvalue weighted by Gasteiger charge is -2.35. The monoisotopic (exact) mass is 383 g/mol. The van der Waals surface area contributed by atoms with E-state index in [1.807, 2.05) is 30.3 Å². The third kappa shape index (κ3) is 4.68. The summed E-state index contributed by atoms with van der Waals surface area (Å²) in [5, 5.41) is 0. The number of hydrogen-bond donors (Lipinski definition) is 0. The van der Waals surface area contributed by atoms with Crippen LogP contribution in [0, 0.1) is 0 Å². The van der Waals surface area contributed by atoms with Crippen molar-refractivity contribution in [3.05, 3.63) is 65.7 Å². The van der Waals surface area contributed by atoms with Gasteiger partial charge in [-0.15, -0.1) is 0 Å². The zero-order valence-corrected chi connectivity index (χ0v) is 15.5. The van der Waals surface area contributed by atoms with Crippen molar-refractivity contribution in [3.63, 3.8) is 0 Å². The van der Waals surface area contributed by atoms with Gasteiger partial charge in [-0.3, -0.25) is 4.79 Å². The number of carbonyl (C=O) groups is 3. The van der Waals surface area contributed by atoms with Crippen molar-refractivity contribution in [2.75, 3.05) is 20.3 Å². The number of ether oxygens (including phenoxy) is 3. The van der Waals surface area contributed by atoms with Crippen LogP contribution in [0.15, 0.2) is 54.6 Å². The highest BCUT2D eigenvalue weighted by Crippen LogP contribution is 2.24. The van der Waals surface area contributed by atoms with Crippen LogP contribution in [0.2, 0.25) is 0 Å². The van der Waals surface area contributed by atoms with Crippen LogP contribution in [0.3, 0.4) is 0 Å². The number of benzene rings is 2. The van der Waals surface area contributed by atoms with E-state index in [4.69, 9.17) is 14.2 Å². The van der Waals surface area contributed by atoms with Crippen LogP contribution >= 0.6 is 0 Å². The number of methoxy groups -OCH3 is 1. The van der Waals surface area contributed by atoms with E-state index in [1.54, 1.807) is 24.3 Å². The van der Waals surface area contributed by atoms with Crippen LogP contribution in [0.25, 0.3) is 0 Å². The van der Waals surface area contributed by atoms with Gasteiger partial charge in [-0.25, -0.2) is 9.59 Å². The fraction of sp³-hybridized carbons (Fsp3) is 0.286. The van der Waals surface area contributed by atoms with E-state index in [1.165, 1.54) is 12.0 Å². The molecule has 0 bridgehead atoms. The van der Waals surface area contributed by atoms with Gasteiger partial charge >= 0.3 is 11.9 Å². The Bertz CT molecular complexity index is 851. The zero-order valence-electron chi connectivity index (χ0n) is 15.5. The maximum atomic E-state index is 12.6. The number of fused-ring (bicyclic) bond motifs is 1. The highest BCUT2D eigenvalue weighted by Gasteiger charge is 2.35. The molecule has 0 N–H and O–H groups in total. The lowest BCUT2D eigenvalue weighted by Crippen LogP contribution is -2.50. The van der Waals surface area contributed by atoms with E-state index in [0.717, 1.165) is 11.1 Å². The number of amides is 1. The van der Waals surface area contributed by atoms with Crippen molar-refractivity contribution < 1.29 is 28.6 Å². The summed E-state index contributed by atoms with van der Waals surface area (Å²) in [5.74, 6) is -1.09. The molecule has 2 aromatic carbocycles. The summed E-state index contributed by atoms with van der Waals surface area (Å²) in [6, 6.07) is 15.7. The van der Waals surface area contributed by atoms with Crippen LogP contribution in [-0.4, -0.2) is 49.1 Å². The number of carbonyl (C=O) groups excluding carboxylic acids is 3. The number of para-hydroxylation sites is 1. The van der Waals surface area contributed by atoms with Crippen molar-refractivity contribution in [3.8, 4) is 5.75 Å². The lowest BCUT2D eigenvalue weighted by atomic mass is 9.94. The number of hydrogen-bond acceptors (Lipinski definition) is 6. The molecule has 7 nitrogen and oxygen atoms in total. The molecule has 28 heavy (non-hydrogen) atoms. The number of nitrogens with zero attached hydrogens (tertiary/aromatic N) is 1. The van der Waals surface area contributed by atoms with Gasteiger partial charge in [0, 0.05) is 13.0 Å². The van der Waals surface area contributed by atoms with E-state index >= 15 is 0 Å². The van der Waals surface area contributed by atoms with Crippen molar-refractivity contribution in [2.24, 2.45) is 0 Å². The van der Waals surface area contributed by atoms with Gasteiger partial charge in [-0.05, 0) is 23.3 Å². The Morgan fingerprint density at radius 2 is 1.64 bits per heavy atom. The van der Waals surface area contributed by atoms with Gasteiger partial charge in [0.2, 0.25) is 0 Å². The maximum absolute atomic E-state index is 12.6. The van der Waals surface area contributed by atoms with Crippen molar-refractivity contribution in [1.29, 1.82) is 0 Å². The highest BCUT2D eigenvalue weighted by molar-refractivity contribution is 5.87. The standard InChI is InChI=1S/C21H21NO6/c1-26-21(25)18-11-15-7-5-6-8-16(15)12-22(18)19(23)13-28-20(24)14-27-17-9-3-2-4-10-17/h2-10,18H,11-14H2,1H3/t18-/m1/s1. The second-order valence-corrected chi connectivity index (χ2v) is 6.30. The van der Waals surface area contributed by atoms with Crippen molar-refractivity contribution in [2.45, 2.75) is 19.0 Å². The molecule has 1 aliphatic rings. The molecule has 0 unspecified atom stereocenters. The first kappa shape index (κ1) is 19.4. The van der Waals surface area contributed by atoms with Crippen LogP contribution < -0.4 is 4.74 Å². The molecule has 0 saturated carbocycles. The first-order valence-corrected chi connectivity index (χ1v) is 8.86. The van der Waals surface area contributed by atoms with E-state index in [9.17, 15) is 14.4 Å². The van der Waals surface area contributed by atoms with Gasteiger partial charge in [-0.2, -0.15) is 0 Å². The van der Waals surface area contributed by atoms with Crippen molar-refractivity contribution >= 4 is 17.8 Å². The fourth-order valence-corrected chi connectivity index (χ4v) is 3.06. The molecule has 0 aromatic heterocycles. The molecule has 1 heterocycles. The largest absolute Gasteiger partial charge is 0.482 e. The average Bonchev–Trinajstić information content (AvgIpc) is 2.75. The molecule has 0 fully saturated rings. The summed E-state index contributed by atoms with van der Waals surface area (Å²) in [4.78, 5) is 38.0. The molecule has 1 atom stereocenters. The average molecular weight is 383 g/mol. The Labute approximate surface area is 162 Å². The van der Waals surface area contributed by atoms with Crippen LogP contribution in [0.1, 0.15) is 11.1 Å². The normalized spacial score (nSPS) is 15.3. The molecule has 1 amide bonds. The summed E-state index contributed by atoms with van der Waals surface area (Å²) >= 11 is 0. The van der Waals surface area contributed by atoms with Crippen LogP contribution in [0.4, 0.5) is 0 Å². The molecule has 0 spiro atoms. The first-order valence-electron chi connectivity index (χ1n) is 8.86. The molecular formula is C21H21NO6. The number of esters is 2. The predicted molar refractivity (Wildman–Crippen MR) is 99.4 cm³/mol. The number of rotatable bonds is 6. The molecule has 1 aliphatic heterocycles. The Morgan fingerprint density at radius 1 is 0.964 bits per heavy atom. The predicted octanol–water partition coefficient (Wildman–Crippen LogP) is 1.74. The Hall–Kier alpha value is -3.35. The van der Waals surface area contributed by atoms with E-state index in [0.29, 0.717) is 12.2 Å². The summed E-state index contributed by atoms with van der Waals surface area (Å²) in [7, 11) is 1.28. The molecule has 146 valence electrons. The minimum absolute atomic E-state index is 0.257. The van der Waals surface area contributed by atoms with E-state index in [2.05, 4.69) is 0 Å². The van der Waals surface area contributed by atoms with E-state index in [-0.39, 0.29) is 13.2 Å². The van der Waals surface area contributed by atoms with Gasteiger partial charge in [0.05, 0.1) is 7.11 Å². The third-order valence-corrected chi connectivity index (χ3v) is 4.50. The summed E-state index contributed by atoms with van der Waals surface area (Å²) < 4.78 is 15.2. The minimum atomic E-state index is -0.744. The molecule has 0 saturated heterocycles. The lowest BCUT2D eigenvalue weighted by molar-refractivity contribution is -0.160. The molecule has 3 rings (SSSR count). The second-order valence-electron chi connectivity index (χ2n) is 6.30. The quantitative estimate of drug-likeness (QED) is 0.707. The molecule has 2 aromatic rings. The van der Waals surface area contributed by atoms with E-state index < -0.39 is 30.5 Å². The smallest absolute Gasteiger partial charge is 0.344 e. The molecule has 0 radical (unpaired) electrons. The third-order valence-electron chi connectivity index (χ3n) is 4.50. The molecule has 7 heteroatoms. The van der Waals surface area contributed by atoms with Crippen LogP contribution in [0.5, 0.6) is 5.75 Å². The van der Waals surface area contributed by atoms with Crippen LogP contribution in [-0.2, 0) is 36.8 Å². The summed E-state index contributed by atoms with van der Waals surface area (Å²) in [5.41, 5.74) is 1.95. The van der Waals surface area contributed by atoms with Gasteiger partial charge in [-0.1, -0.05) is 42.5 Å². The maximum Gasteiger partial charge on any atom is 0.344 e. The molecule has 0 aliphatic carbocycles. The summed E-state index contributed by atoms with van der Waals surface area (Å²) in [6.45, 7) is -0.514. The topological polar surface area (TPSA) is 82.1 Å².